The highest BCUT2D eigenvalue weighted by molar-refractivity contribution is 5.87. The normalized spacial score (nSPS) is 12.9. The van der Waals surface area contributed by atoms with Crippen molar-refractivity contribution >= 4 is 16.6 Å². The molecule has 18 heavy (non-hydrogen) atoms. The lowest BCUT2D eigenvalue weighted by molar-refractivity contribution is 0.172. The number of anilines is 1. The lowest BCUT2D eigenvalue weighted by Crippen LogP contribution is -2.18. The summed E-state index contributed by atoms with van der Waals surface area (Å²) in [5, 5.41) is 0.980. The van der Waals surface area contributed by atoms with E-state index in [4.69, 9.17) is 10.5 Å². The zero-order chi connectivity index (χ0) is 13.3. The van der Waals surface area contributed by atoms with E-state index in [1.54, 1.807) is 0 Å². The van der Waals surface area contributed by atoms with Crippen LogP contribution in [-0.2, 0) is 0 Å². The van der Waals surface area contributed by atoms with Crippen LogP contribution in [0.25, 0.3) is 10.9 Å². The van der Waals surface area contributed by atoms with Crippen molar-refractivity contribution in [1.29, 1.82) is 0 Å². The van der Waals surface area contributed by atoms with Crippen LogP contribution >= 0.6 is 0 Å². The fraction of sp³-hybridized carbons (Fsp3) is 0.400. The van der Waals surface area contributed by atoms with E-state index in [0.29, 0.717) is 5.92 Å². The van der Waals surface area contributed by atoms with Gasteiger partial charge in [0.15, 0.2) is 0 Å². The number of pyridine rings is 1. The van der Waals surface area contributed by atoms with Gasteiger partial charge in [-0.3, -0.25) is 4.98 Å². The number of fused-ring (bicyclic) bond motifs is 1. The SMILES string of the molecule is Cc1cc(OC(C)C(C)C)c2cc(N)ccc2n1. The number of ether oxygens (including phenoxy) is 1. The first-order chi connectivity index (χ1) is 8.47. The minimum Gasteiger partial charge on any atom is -0.490 e. The molecule has 1 aromatic heterocycles. The van der Waals surface area contributed by atoms with Gasteiger partial charge in [0.05, 0.1) is 11.6 Å². The summed E-state index contributed by atoms with van der Waals surface area (Å²) in [5.41, 5.74) is 8.45. The number of hydrogen-bond donors (Lipinski definition) is 1. The number of benzene rings is 1. The first-order valence-electron chi connectivity index (χ1n) is 6.31. The van der Waals surface area contributed by atoms with Gasteiger partial charge in [-0.05, 0) is 38.0 Å². The standard InChI is InChI=1S/C15H20N2O/c1-9(2)11(4)18-15-7-10(3)17-14-6-5-12(16)8-13(14)15/h5-9,11H,16H2,1-4H3. The molecule has 0 aliphatic carbocycles. The number of aromatic nitrogens is 1. The van der Waals surface area contributed by atoms with Crippen LogP contribution in [0, 0.1) is 12.8 Å². The highest BCUT2D eigenvalue weighted by atomic mass is 16.5. The number of aryl methyl sites for hydroxylation is 1. The number of nitrogens with two attached hydrogens (primary N) is 1. The molecule has 1 atom stereocenters. The molecule has 0 bridgehead atoms. The first-order valence-corrected chi connectivity index (χ1v) is 6.31. The van der Waals surface area contributed by atoms with E-state index in [-0.39, 0.29) is 6.10 Å². The maximum atomic E-state index is 6.03. The maximum Gasteiger partial charge on any atom is 0.130 e. The molecule has 0 amide bonds. The van der Waals surface area contributed by atoms with E-state index in [0.717, 1.165) is 28.0 Å². The topological polar surface area (TPSA) is 48.1 Å². The van der Waals surface area contributed by atoms with Crippen LogP contribution in [-0.4, -0.2) is 11.1 Å². The van der Waals surface area contributed by atoms with Crippen LogP contribution in [0.1, 0.15) is 26.5 Å². The fourth-order valence-electron chi connectivity index (χ4n) is 1.77. The van der Waals surface area contributed by atoms with E-state index in [2.05, 4.69) is 25.8 Å². The van der Waals surface area contributed by atoms with Crippen molar-refractivity contribution in [2.75, 3.05) is 5.73 Å². The molecule has 0 fully saturated rings. The second-order valence-corrected chi connectivity index (χ2v) is 5.11. The predicted molar refractivity (Wildman–Crippen MR) is 75.8 cm³/mol. The summed E-state index contributed by atoms with van der Waals surface area (Å²) in [6.07, 6.45) is 0.163. The van der Waals surface area contributed by atoms with Gasteiger partial charge in [-0.2, -0.15) is 0 Å². The Morgan fingerprint density at radius 2 is 1.89 bits per heavy atom. The Morgan fingerprint density at radius 1 is 1.17 bits per heavy atom. The molecule has 2 N–H and O–H groups in total. The van der Waals surface area contributed by atoms with Crippen molar-refractivity contribution in [2.24, 2.45) is 5.92 Å². The van der Waals surface area contributed by atoms with Crippen LogP contribution in [0.5, 0.6) is 5.75 Å². The van der Waals surface area contributed by atoms with E-state index in [9.17, 15) is 0 Å². The van der Waals surface area contributed by atoms with Crippen molar-refractivity contribution in [1.82, 2.24) is 4.98 Å². The minimum absolute atomic E-state index is 0.163. The molecule has 2 rings (SSSR count). The smallest absolute Gasteiger partial charge is 0.130 e. The van der Waals surface area contributed by atoms with Crippen LogP contribution < -0.4 is 10.5 Å². The van der Waals surface area contributed by atoms with Crippen molar-refractivity contribution in [3.8, 4) is 5.75 Å². The molecule has 3 nitrogen and oxygen atoms in total. The van der Waals surface area contributed by atoms with Crippen LogP contribution in [0.3, 0.4) is 0 Å². The van der Waals surface area contributed by atoms with Crippen LogP contribution in [0.4, 0.5) is 5.69 Å². The average Bonchev–Trinajstić information content (AvgIpc) is 2.29. The summed E-state index contributed by atoms with van der Waals surface area (Å²) in [6.45, 7) is 8.35. The average molecular weight is 244 g/mol. The molecule has 0 saturated carbocycles. The Labute approximate surface area is 108 Å². The molecule has 96 valence electrons. The third kappa shape index (κ3) is 2.55. The van der Waals surface area contributed by atoms with Gasteiger partial charge >= 0.3 is 0 Å². The number of hydrogen-bond acceptors (Lipinski definition) is 3. The molecule has 0 radical (unpaired) electrons. The number of nitrogens with zero attached hydrogens (tertiary/aromatic N) is 1. The molecule has 3 heteroatoms. The van der Waals surface area contributed by atoms with Crippen molar-refractivity contribution in [3.05, 3.63) is 30.0 Å². The van der Waals surface area contributed by atoms with Crippen molar-refractivity contribution in [3.63, 3.8) is 0 Å². The Balaban J connectivity index is 2.51. The molecule has 1 aromatic carbocycles. The van der Waals surface area contributed by atoms with Crippen LogP contribution in [0.2, 0.25) is 0 Å². The second-order valence-electron chi connectivity index (χ2n) is 5.11. The lowest BCUT2D eigenvalue weighted by Gasteiger charge is -2.19. The molecule has 2 aromatic rings. The molecule has 0 spiro atoms. The van der Waals surface area contributed by atoms with Gasteiger partial charge in [0.1, 0.15) is 5.75 Å². The summed E-state index contributed by atoms with van der Waals surface area (Å²) >= 11 is 0. The third-order valence-corrected chi connectivity index (χ3v) is 3.17. The van der Waals surface area contributed by atoms with Gasteiger partial charge < -0.3 is 10.5 Å². The summed E-state index contributed by atoms with van der Waals surface area (Å²) in [7, 11) is 0. The summed E-state index contributed by atoms with van der Waals surface area (Å²) in [4.78, 5) is 4.49. The molecule has 1 unspecified atom stereocenters. The number of nitrogen functional groups attached to an aromatic ring is 1. The Hall–Kier alpha value is -1.77. The third-order valence-electron chi connectivity index (χ3n) is 3.17. The number of rotatable bonds is 3. The van der Waals surface area contributed by atoms with Crippen molar-refractivity contribution < 1.29 is 4.74 Å². The largest absolute Gasteiger partial charge is 0.490 e. The van der Waals surface area contributed by atoms with E-state index in [1.807, 2.05) is 31.2 Å². The molecule has 0 aliphatic rings. The first kappa shape index (κ1) is 12.7. The minimum atomic E-state index is 0.163. The Kier molecular flexibility index (Phi) is 3.41. The van der Waals surface area contributed by atoms with Gasteiger partial charge in [0.2, 0.25) is 0 Å². The maximum absolute atomic E-state index is 6.03. The van der Waals surface area contributed by atoms with Gasteiger partial charge in [-0.15, -0.1) is 0 Å². The highest BCUT2D eigenvalue weighted by Gasteiger charge is 2.12. The second kappa shape index (κ2) is 4.84. The quantitative estimate of drug-likeness (QED) is 0.840. The summed E-state index contributed by atoms with van der Waals surface area (Å²) in [6, 6.07) is 7.69. The van der Waals surface area contributed by atoms with Gasteiger partial charge in [0.25, 0.3) is 0 Å². The Morgan fingerprint density at radius 3 is 2.56 bits per heavy atom. The molecule has 1 heterocycles. The Bertz CT molecular complexity index is 564. The predicted octanol–water partition coefficient (Wildman–Crippen LogP) is 3.55. The van der Waals surface area contributed by atoms with Gasteiger partial charge in [-0.25, -0.2) is 0 Å². The molecule has 0 saturated heterocycles. The van der Waals surface area contributed by atoms with Crippen LogP contribution in [0.15, 0.2) is 24.3 Å². The fourth-order valence-corrected chi connectivity index (χ4v) is 1.77. The summed E-state index contributed by atoms with van der Waals surface area (Å²) in [5.74, 6) is 1.33. The molecular formula is C15H20N2O. The highest BCUT2D eigenvalue weighted by Crippen LogP contribution is 2.28. The summed E-state index contributed by atoms with van der Waals surface area (Å²) < 4.78 is 6.03. The lowest BCUT2D eigenvalue weighted by atomic mass is 10.1. The van der Waals surface area contributed by atoms with Gasteiger partial charge in [-0.1, -0.05) is 13.8 Å². The molecular weight excluding hydrogens is 224 g/mol. The van der Waals surface area contributed by atoms with E-state index < -0.39 is 0 Å². The zero-order valence-corrected chi connectivity index (χ0v) is 11.4. The zero-order valence-electron chi connectivity index (χ0n) is 11.4. The monoisotopic (exact) mass is 244 g/mol. The van der Waals surface area contributed by atoms with Gasteiger partial charge in [0, 0.05) is 22.8 Å². The van der Waals surface area contributed by atoms with E-state index in [1.165, 1.54) is 0 Å². The molecule has 0 aliphatic heterocycles. The van der Waals surface area contributed by atoms with E-state index >= 15 is 0 Å². The van der Waals surface area contributed by atoms with Crippen molar-refractivity contribution in [2.45, 2.75) is 33.8 Å².